The zero-order valence-corrected chi connectivity index (χ0v) is 15.7. The summed E-state index contributed by atoms with van der Waals surface area (Å²) in [6.45, 7) is 0. The van der Waals surface area contributed by atoms with Gasteiger partial charge in [0.1, 0.15) is 16.4 Å². The van der Waals surface area contributed by atoms with Gasteiger partial charge < -0.3 is 9.47 Å². The third-order valence-corrected chi connectivity index (χ3v) is 5.12. The van der Waals surface area contributed by atoms with Crippen LogP contribution in [-0.4, -0.2) is 11.8 Å². The van der Waals surface area contributed by atoms with Crippen LogP contribution in [0.2, 0.25) is 0 Å². The molecule has 0 radical (unpaired) electrons. The Kier molecular flexibility index (Phi) is 4.44. The van der Waals surface area contributed by atoms with Crippen LogP contribution in [0.5, 0.6) is 11.5 Å². The van der Waals surface area contributed by atoms with Crippen LogP contribution < -0.4 is 9.47 Å². The van der Waals surface area contributed by atoms with Crippen LogP contribution in [0.3, 0.4) is 0 Å². The van der Waals surface area contributed by atoms with Crippen LogP contribution in [0.1, 0.15) is 25.6 Å². The van der Waals surface area contributed by atoms with E-state index in [1.54, 1.807) is 41.8 Å². The maximum Gasteiger partial charge on any atom is 0.353 e. The van der Waals surface area contributed by atoms with E-state index in [1.165, 1.54) is 11.3 Å². The SMILES string of the molecule is O=C(Oc1ccc2c(c1)OC(=Cc1ccc(Br)cc1)C2=O)c1cccs1. The van der Waals surface area contributed by atoms with Gasteiger partial charge in [0.05, 0.1) is 5.56 Å². The van der Waals surface area contributed by atoms with Crippen molar-refractivity contribution in [3.63, 3.8) is 0 Å². The average Bonchev–Trinajstić information content (AvgIpc) is 3.26. The molecule has 4 nitrogen and oxygen atoms in total. The van der Waals surface area contributed by atoms with Gasteiger partial charge >= 0.3 is 5.97 Å². The standard InChI is InChI=1S/C20H11BrO4S/c21-13-5-3-12(4-6-13)10-17-19(22)15-8-7-14(11-16(15)25-17)24-20(23)18-2-1-9-26-18/h1-11H. The van der Waals surface area contributed by atoms with Crippen LogP contribution in [0.4, 0.5) is 0 Å². The van der Waals surface area contributed by atoms with Gasteiger partial charge in [-0.2, -0.15) is 0 Å². The first-order valence-corrected chi connectivity index (χ1v) is 9.37. The summed E-state index contributed by atoms with van der Waals surface area (Å²) in [5.74, 6) is 0.327. The Balaban J connectivity index is 1.56. The fraction of sp³-hybridized carbons (Fsp3) is 0. The number of carbonyl (C=O) groups excluding carboxylic acids is 2. The second-order valence-corrected chi connectivity index (χ2v) is 7.38. The monoisotopic (exact) mass is 426 g/mol. The van der Waals surface area contributed by atoms with Gasteiger partial charge in [-0.1, -0.05) is 34.1 Å². The minimum atomic E-state index is -0.435. The molecule has 1 aliphatic rings. The first-order chi connectivity index (χ1) is 12.6. The molecule has 1 aromatic heterocycles. The quantitative estimate of drug-likeness (QED) is 0.322. The van der Waals surface area contributed by atoms with E-state index in [0.29, 0.717) is 21.9 Å². The van der Waals surface area contributed by atoms with Crippen LogP contribution in [-0.2, 0) is 0 Å². The fourth-order valence-corrected chi connectivity index (χ4v) is 3.36. The summed E-state index contributed by atoms with van der Waals surface area (Å²) in [5, 5.41) is 1.81. The topological polar surface area (TPSA) is 52.6 Å². The smallest absolute Gasteiger partial charge is 0.353 e. The Morgan fingerprint density at radius 1 is 1.12 bits per heavy atom. The second kappa shape index (κ2) is 6.90. The Bertz CT molecular complexity index is 1020. The summed E-state index contributed by atoms with van der Waals surface area (Å²) in [7, 11) is 0. The van der Waals surface area contributed by atoms with Gasteiger partial charge in [0.2, 0.25) is 5.78 Å². The van der Waals surface area contributed by atoms with Gasteiger partial charge in [-0.3, -0.25) is 4.79 Å². The highest BCUT2D eigenvalue weighted by atomic mass is 79.9. The van der Waals surface area contributed by atoms with Crippen molar-refractivity contribution in [3.05, 3.63) is 86.2 Å². The van der Waals surface area contributed by atoms with Gasteiger partial charge in [-0.05, 0) is 47.4 Å². The molecule has 128 valence electrons. The number of ketones is 1. The molecule has 4 rings (SSSR count). The lowest BCUT2D eigenvalue weighted by Crippen LogP contribution is -2.06. The second-order valence-electron chi connectivity index (χ2n) is 5.52. The molecule has 3 aromatic rings. The zero-order chi connectivity index (χ0) is 18.1. The number of thiophene rings is 1. The Labute approximate surface area is 161 Å². The number of benzene rings is 2. The number of Topliss-reactive ketones (excluding diaryl/α,β-unsaturated/α-hetero) is 1. The predicted molar refractivity (Wildman–Crippen MR) is 103 cm³/mol. The third-order valence-electron chi connectivity index (χ3n) is 3.74. The lowest BCUT2D eigenvalue weighted by atomic mass is 10.1. The maximum absolute atomic E-state index is 12.5. The van der Waals surface area contributed by atoms with Gasteiger partial charge in [0.25, 0.3) is 0 Å². The van der Waals surface area contributed by atoms with E-state index in [-0.39, 0.29) is 11.5 Å². The van der Waals surface area contributed by atoms with E-state index in [9.17, 15) is 9.59 Å². The lowest BCUT2D eigenvalue weighted by molar-refractivity contribution is 0.0739. The summed E-state index contributed by atoms with van der Waals surface area (Å²) in [6.07, 6.45) is 1.69. The Morgan fingerprint density at radius 3 is 2.65 bits per heavy atom. The average molecular weight is 427 g/mol. The molecule has 0 bridgehead atoms. The van der Waals surface area contributed by atoms with Crippen molar-refractivity contribution in [1.82, 2.24) is 0 Å². The molecule has 0 atom stereocenters. The predicted octanol–water partition coefficient (Wildman–Crippen LogP) is 5.35. The number of hydrogen-bond donors (Lipinski definition) is 0. The molecule has 0 spiro atoms. The van der Waals surface area contributed by atoms with Crippen molar-refractivity contribution >= 4 is 45.1 Å². The first-order valence-electron chi connectivity index (χ1n) is 7.70. The number of halogens is 1. The van der Waals surface area contributed by atoms with Gasteiger partial charge in [0, 0.05) is 10.5 Å². The highest BCUT2D eigenvalue weighted by molar-refractivity contribution is 9.10. The van der Waals surface area contributed by atoms with Crippen molar-refractivity contribution in [2.24, 2.45) is 0 Å². The molecule has 6 heteroatoms. The van der Waals surface area contributed by atoms with E-state index in [1.807, 2.05) is 24.3 Å². The first kappa shape index (κ1) is 16.8. The summed E-state index contributed by atoms with van der Waals surface area (Å²) in [5.41, 5.74) is 1.30. The van der Waals surface area contributed by atoms with E-state index >= 15 is 0 Å². The van der Waals surface area contributed by atoms with Crippen molar-refractivity contribution in [2.45, 2.75) is 0 Å². The molecule has 2 heterocycles. The molecule has 0 aliphatic carbocycles. The van der Waals surface area contributed by atoms with E-state index in [2.05, 4.69) is 15.9 Å². The molecule has 0 N–H and O–H groups in total. The molecule has 0 fully saturated rings. The van der Waals surface area contributed by atoms with E-state index in [0.717, 1.165) is 10.0 Å². The molecule has 0 amide bonds. The molecule has 0 saturated heterocycles. The van der Waals surface area contributed by atoms with Crippen LogP contribution in [0.25, 0.3) is 6.08 Å². The summed E-state index contributed by atoms with van der Waals surface area (Å²) >= 11 is 4.68. The third kappa shape index (κ3) is 3.34. The normalized spacial score (nSPS) is 14.2. The lowest BCUT2D eigenvalue weighted by Gasteiger charge is -2.04. The maximum atomic E-state index is 12.5. The summed E-state index contributed by atoms with van der Waals surface area (Å²) < 4.78 is 12.0. The van der Waals surface area contributed by atoms with Gasteiger partial charge in [-0.25, -0.2) is 4.79 Å². The highest BCUT2D eigenvalue weighted by Gasteiger charge is 2.28. The van der Waals surface area contributed by atoms with E-state index < -0.39 is 5.97 Å². The Hall–Kier alpha value is -2.70. The van der Waals surface area contributed by atoms with Gasteiger partial charge in [0.15, 0.2) is 5.76 Å². The van der Waals surface area contributed by atoms with Crippen molar-refractivity contribution < 1.29 is 19.1 Å². The number of carbonyl (C=O) groups is 2. The van der Waals surface area contributed by atoms with Crippen LogP contribution in [0.15, 0.2) is 70.2 Å². The number of ether oxygens (including phenoxy) is 2. The van der Waals surface area contributed by atoms with Gasteiger partial charge in [-0.15, -0.1) is 11.3 Å². The van der Waals surface area contributed by atoms with Crippen molar-refractivity contribution in [1.29, 1.82) is 0 Å². The number of rotatable bonds is 3. The highest BCUT2D eigenvalue weighted by Crippen LogP contribution is 2.35. The van der Waals surface area contributed by atoms with Crippen LogP contribution >= 0.6 is 27.3 Å². The number of esters is 1. The minimum Gasteiger partial charge on any atom is -0.452 e. The van der Waals surface area contributed by atoms with Crippen LogP contribution in [0, 0.1) is 0 Å². The molecule has 0 unspecified atom stereocenters. The minimum absolute atomic E-state index is 0.195. The molecule has 2 aromatic carbocycles. The zero-order valence-electron chi connectivity index (χ0n) is 13.3. The number of allylic oxidation sites excluding steroid dienone is 1. The largest absolute Gasteiger partial charge is 0.452 e. The summed E-state index contributed by atoms with van der Waals surface area (Å²) in [6, 6.07) is 15.8. The van der Waals surface area contributed by atoms with Crippen molar-refractivity contribution in [2.75, 3.05) is 0 Å². The molecule has 1 aliphatic heterocycles. The number of hydrogen-bond acceptors (Lipinski definition) is 5. The van der Waals surface area contributed by atoms with E-state index in [4.69, 9.17) is 9.47 Å². The molecule has 26 heavy (non-hydrogen) atoms. The Morgan fingerprint density at radius 2 is 1.92 bits per heavy atom. The summed E-state index contributed by atoms with van der Waals surface area (Å²) in [4.78, 5) is 25.0. The molecule has 0 saturated carbocycles. The molecular weight excluding hydrogens is 416 g/mol. The number of fused-ring (bicyclic) bond motifs is 1. The van der Waals surface area contributed by atoms with Crippen molar-refractivity contribution in [3.8, 4) is 11.5 Å². The molecular formula is C20H11BrO4S. The fourth-order valence-electron chi connectivity index (χ4n) is 2.49.